The Morgan fingerprint density at radius 1 is 1.17 bits per heavy atom. The Bertz CT molecular complexity index is 326. The number of nitrogens with one attached hydrogen (secondary N) is 1. The molecule has 0 radical (unpaired) electrons. The van der Waals surface area contributed by atoms with Crippen molar-refractivity contribution in [3.05, 3.63) is 28.5 Å². The highest BCUT2D eigenvalue weighted by atomic mass is 79.9. The van der Waals surface area contributed by atoms with Gasteiger partial charge < -0.3 is 5.32 Å². The van der Waals surface area contributed by atoms with Crippen LogP contribution in [0.5, 0.6) is 0 Å². The van der Waals surface area contributed by atoms with E-state index < -0.39 is 0 Å². The van der Waals surface area contributed by atoms with Gasteiger partial charge in [-0.05, 0) is 46.9 Å². The summed E-state index contributed by atoms with van der Waals surface area (Å²) >= 11 is 3.39. The SMILES string of the molecule is CC(C)CCCCCCNCc1cccc(Br)n1. The van der Waals surface area contributed by atoms with Gasteiger partial charge in [-0.25, -0.2) is 4.98 Å². The predicted molar refractivity (Wildman–Crippen MR) is 81.6 cm³/mol. The fourth-order valence-corrected chi connectivity index (χ4v) is 2.30. The van der Waals surface area contributed by atoms with Gasteiger partial charge in [-0.3, -0.25) is 0 Å². The molecule has 0 aromatic carbocycles. The first kappa shape index (κ1) is 15.6. The van der Waals surface area contributed by atoms with Crippen LogP contribution in [-0.2, 0) is 6.54 Å². The average Bonchev–Trinajstić information content (AvgIpc) is 2.32. The number of hydrogen-bond donors (Lipinski definition) is 1. The minimum absolute atomic E-state index is 0.853. The molecule has 2 nitrogen and oxygen atoms in total. The topological polar surface area (TPSA) is 24.9 Å². The number of pyridine rings is 1. The van der Waals surface area contributed by atoms with E-state index in [0.29, 0.717) is 0 Å². The molecule has 18 heavy (non-hydrogen) atoms. The molecule has 1 aromatic heterocycles. The standard InChI is InChI=1S/C15H25BrN2/c1-13(2)8-5-3-4-6-11-17-12-14-9-7-10-15(16)18-14/h7,9-10,13,17H,3-6,8,11-12H2,1-2H3. The van der Waals surface area contributed by atoms with E-state index in [2.05, 4.69) is 46.1 Å². The highest BCUT2D eigenvalue weighted by Crippen LogP contribution is 2.09. The lowest BCUT2D eigenvalue weighted by molar-refractivity contribution is 0.511. The van der Waals surface area contributed by atoms with Gasteiger partial charge >= 0.3 is 0 Å². The van der Waals surface area contributed by atoms with Gasteiger partial charge in [-0.2, -0.15) is 0 Å². The summed E-state index contributed by atoms with van der Waals surface area (Å²) < 4.78 is 0.912. The van der Waals surface area contributed by atoms with E-state index in [4.69, 9.17) is 0 Å². The molecular weight excluding hydrogens is 288 g/mol. The van der Waals surface area contributed by atoms with Crippen LogP contribution in [0.3, 0.4) is 0 Å². The molecule has 1 rings (SSSR count). The van der Waals surface area contributed by atoms with E-state index in [1.54, 1.807) is 0 Å². The minimum Gasteiger partial charge on any atom is -0.311 e. The van der Waals surface area contributed by atoms with Crippen molar-refractivity contribution in [1.82, 2.24) is 10.3 Å². The van der Waals surface area contributed by atoms with Crippen LogP contribution in [-0.4, -0.2) is 11.5 Å². The Kier molecular flexibility index (Phi) is 8.27. The summed E-state index contributed by atoms with van der Waals surface area (Å²) in [6.07, 6.45) is 6.73. The molecule has 0 amide bonds. The maximum absolute atomic E-state index is 4.39. The van der Waals surface area contributed by atoms with Crippen LogP contribution >= 0.6 is 15.9 Å². The van der Waals surface area contributed by atoms with Gasteiger partial charge in [-0.1, -0.05) is 45.6 Å². The maximum atomic E-state index is 4.39. The second kappa shape index (κ2) is 9.51. The molecule has 1 heterocycles. The number of hydrogen-bond acceptors (Lipinski definition) is 2. The molecule has 3 heteroatoms. The lowest BCUT2D eigenvalue weighted by Crippen LogP contribution is -2.15. The molecule has 0 spiro atoms. The van der Waals surface area contributed by atoms with Gasteiger partial charge in [0.05, 0.1) is 5.69 Å². The average molecular weight is 313 g/mol. The number of rotatable bonds is 9. The molecule has 0 bridgehead atoms. The summed E-state index contributed by atoms with van der Waals surface area (Å²) in [5.41, 5.74) is 1.10. The van der Waals surface area contributed by atoms with Gasteiger partial charge in [0.15, 0.2) is 0 Å². The van der Waals surface area contributed by atoms with Crippen LogP contribution in [0.2, 0.25) is 0 Å². The monoisotopic (exact) mass is 312 g/mol. The van der Waals surface area contributed by atoms with E-state index in [-0.39, 0.29) is 0 Å². The number of unbranched alkanes of at least 4 members (excludes halogenated alkanes) is 3. The Morgan fingerprint density at radius 2 is 1.94 bits per heavy atom. The second-order valence-corrected chi connectivity index (χ2v) is 6.04. The lowest BCUT2D eigenvalue weighted by atomic mass is 10.0. The lowest BCUT2D eigenvalue weighted by Gasteiger charge is -2.06. The maximum Gasteiger partial charge on any atom is 0.106 e. The molecule has 0 aliphatic heterocycles. The van der Waals surface area contributed by atoms with Crippen molar-refractivity contribution < 1.29 is 0 Å². The van der Waals surface area contributed by atoms with Crippen LogP contribution in [0, 0.1) is 5.92 Å². The summed E-state index contributed by atoms with van der Waals surface area (Å²) in [5.74, 6) is 0.853. The summed E-state index contributed by atoms with van der Waals surface area (Å²) in [7, 11) is 0. The summed E-state index contributed by atoms with van der Waals surface area (Å²) in [6, 6.07) is 6.04. The zero-order chi connectivity index (χ0) is 13.2. The Hall–Kier alpha value is -0.410. The minimum atomic E-state index is 0.853. The van der Waals surface area contributed by atoms with E-state index in [1.165, 1.54) is 32.1 Å². The summed E-state index contributed by atoms with van der Waals surface area (Å²) in [6.45, 7) is 6.56. The predicted octanol–water partition coefficient (Wildman–Crippen LogP) is 4.54. The molecule has 0 aliphatic rings. The van der Waals surface area contributed by atoms with E-state index in [1.807, 2.05) is 12.1 Å². The quantitative estimate of drug-likeness (QED) is 0.535. The smallest absolute Gasteiger partial charge is 0.106 e. The largest absolute Gasteiger partial charge is 0.311 e. The van der Waals surface area contributed by atoms with Gasteiger partial charge in [0, 0.05) is 6.54 Å². The van der Waals surface area contributed by atoms with Gasteiger partial charge in [-0.15, -0.1) is 0 Å². The fourth-order valence-electron chi connectivity index (χ4n) is 1.92. The van der Waals surface area contributed by atoms with Gasteiger partial charge in [0.1, 0.15) is 4.60 Å². The van der Waals surface area contributed by atoms with E-state index >= 15 is 0 Å². The Morgan fingerprint density at radius 3 is 2.67 bits per heavy atom. The molecule has 1 aromatic rings. The molecular formula is C15H25BrN2. The molecule has 0 atom stereocenters. The molecule has 0 saturated carbocycles. The zero-order valence-electron chi connectivity index (χ0n) is 11.6. The van der Waals surface area contributed by atoms with Gasteiger partial charge in [0.25, 0.3) is 0 Å². The van der Waals surface area contributed by atoms with Crippen molar-refractivity contribution >= 4 is 15.9 Å². The molecule has 0 unspecified atom stereocenters. The summed E-state index contributed by atoms with van der Waals surface area (Å²) in [5, 5.41) is 3.45. The van der Waals surface area contributed by atoms with E-state index in [9.17, 15) is 0 Å². The second-order valence-electron chi connectivity index (χ2n) is 5.23. The van der Waals surface area contributed by atoms with Crippen LogP contribution in [0.25, 0.3) is 0 Å². The number of aromatic nitrogens is 1. The fraction of sp³-hybridized carbons (Fsp3) is 0.667. The first-order chi connectivity index (χ1) is 8.68. The Labute approximate surface area is 120 Å². The molecule has 0 aliphatic carbocycles. The number of nitrogens with zero attached hydrogens (tertiary/aromatic N) is 1. The van der Waals surface area contributed by atoms with Crippen molar-refractivity contribution in [3.8, 4) is 0 Å². The normalized spacial score (nSPS) is 11.1. The van der Waals surface area contributed by atoms with Crippen LogP contribution < -0.4 is 5.32 Å². The number of halogens is 1. The Balaban J connectivity index is 1.96. The zero-order valence-corrected chi connectivity index (χ0v) is 13.2. The van der Waals surface area contributed by atoms with E-state index in [0.717, 1.165) is 29.3 Å². The van der Waals surface area contributed by atoms with Crippen molar-refractivity contribution in [2.45, 2.75) is 52.5 Å². The van der Waals surface area contributed by atoms with Crippen molar-refractivity contribution in [2.24, 2.45) is 5.92 Å². The highest BCUT2D eigenvalue weighted by molar-refractivity contribution is 9.10. The molecule has 1 N–H and O–H groups in total. The van der Waals surface area contributed by atoms with Crippen LogP contribution in [0.4, 0.5) is 0 Å². The molecule has 102 valence electrons. The third-order valence-corrected chi connectivity index (χ3v) is 3.41. The van der Waals surface area contributed by atoms with Crippen molar-refractivity contribution in [1.29, 1.82) is 0 Å². The highest BCUT2D eigenvalue weighted by Gasteiger charge is 1.96. The van der Waals surface area contributed by atoms with Crippen molar-refractivity contribution in [2.75, 3.05) is 6.54 Å². The molecule has 0 fully saturated rings. The first-order valence-electron chi connectivity index (χ1n) is 7.00. The molecule has 0 saturated heterocycles. The third kappa shape index (κ3) is 7.83. The van der Waals surface area contributed by atoms with Crippen LogP contribution in [0.1, 0.15) is 51.6 Å². The van der Waals surface area contributed by atoms with Crippen molar-refractivity contribution in [3.63, 3.8) is 0 Å². The van der Waals surface area contributed by atoms with Crippen LogP contribution in [0.15, 0.2) is 22.8 Å². The first-order valence-corrected chi connectivity index (χ1v) is 7.80. The van der Waals surface area contributed by atoms with Gasteiger partial charge in [0.2, 0.25) is 0 Å². The summed E-state index contributed by atoms with van der Waals surface area (Å²) in [4.78, 5) is 4.39. The third-order valence-electron chi connectivity index (χ3n) is 2.96.